The van der Waals surface area contributed by atoms with E-state index < -0.39 is 30.9 Å². The smallest absolute Gasteiger partial charge is 0.306 e. The Balaban J connectivity index is 2.22. The number of carbonyl (C=O) groups is 3. The summed E-state index contributed by atoms with van der Waals surface area (Å²) in [5.41, 5.74) is 0. The molecule has 0 spiro atoms. The highest BCUT2D eigenvalue weighted by Gasteiger charge is 2.39. The number of rotatable bonds is 26. The third kappa shape index (κ3) is 19.1. The minimum absolute atomic E-state index is 0.0307. The van der Waals surface area contributed by atoms with Gasteiger partial charge in [0.1, 0.15) is 12.4 Å². The first-order valence-electron chi connectivity index (χ1n) is 17.0. The van der Waals surface area contributed by atoms with Gasteiger partial charge in [-0.1, -0.05) is 109 Å². The molecule has 1 aliphatic carbocycles. The Hall–Kier alpha value is -2.03. The average Bonchev–Trinajstić information content (AvgIpc) is 3.26. The van der Waals surface area contributed by atoms with Gasteiger partial charge >= 0.3 is 11.9 Å². The highest BCUT2D eigenvalue weighted by Crippen LogP contribution is 2.33. The molecule has 1 saturated carbocycles. The van der Waals surface area contributed by atoms with E-state index in [1.165, 1.54) is 38.5 Å². The Morgan fingerprint density at radius 3 is 2.19 bits per heavy atom. The summed E-state index contributed by atoms with van der Waals surface area (Å²) < 4.78 is 10.5. The number of ketones is 1. The van der Waals surface area contributed by atoms with Crippen molar-refractivity contribution in [3.63, 3.8) is 0 Å². The predicted molar refractivity (Wildman–Crippen MR) is 169 cm³/mol. The Labute approximate surface area is 260 Å². The average molecular weight is 609 g/mol. The summed E-state index contributed by atoms with van der Waals surface area (Å²) >= 11 is 0. The van der Waals surface area contributed by atoms with Crippen LogP contribution in [-0.4, -0.2) is 64.6 Å². The minimum Gasteiger partial charge on any atom is -0.462 e. The van der Waals surface area contributed by atoms with Crippen molar-refractivity contribution in [2.75, 3.05) is 13.2 Å². The molecule has 248 valence electrons. The third-order valence-corrected chi connectivity index (χ3v) is 8.12. The van der Waals surface area contributed by atoms with Crippen molar-refractivity contribution in [1.29, 1.82) is 0 Å². The number of carbonyl (C=O) groups excluding carboxylic acids is 3. The molecule has 0 amide bonds. The first kappa shape index (κ1) is 39.0. The molecule has 0 heterocycles. The van der Waals surface area contributed by atoms with Crippen molar-refractivity contribution in [2.24, 2.45) is 11.8 Å². The van der Waals surface area contributed by atoms with Crippen LogP contribution < -0.4 is 0 Å². The van der Waals surface area contributed by atoms with Crippen molar-refractivity contribution in [3.05, 3.63) is 24.3 Å². The molecule has 1 fully saturated rings. The van der Waals surface area contributed by atoms with Crippen molar-refractivity contribution >= 4 is 17.7 Å². The second kappa shape index (κ2) is 25.3. The highest BCUT2D eigenvalue weighted by atomic mass is 16.6. The van der Waals surface area contributed by atoms with E-state index in [1.54, 1.807) is 12.2 Å². The van der Waals surface area contributed by atoms with Gasteiger partial charge in [-0.15, -0.1) is 0 Å². The molecule has 0 bridgehead atoms. The number of hydrogen-bond acceptors (Lipinski definition) is 8. The van der Waals surface area contributed by atoms with E-state index in [0.29, 0.717) is 32.1 Å². The molecule has 0 aromatic carbocycles. The lowest BCUT2D eigenvalue weighted by Gasteiger charge is -2.16. The summed E-state index contributed by atoms with van der Waals surface area (Å²) in [6.45, 7) is 3.76. The summed E-state index contributed by atoms with van der Waals surface area (Å²) in [5.74, 6) is -1.38. The van der Waals surface area contributed by atoms with Crippen LogP contribution in [0.25, 0.3) is 0 Å². The van der Waals surface area contributed by atoms with Crippen molar-refractivity contribution in [2.45, 2.75) is 154 Å². The number of aliphatic hydroxyl groups excluding tert-OH is 3. The van der Waals surface area contributed by atoms with E-state index in [1.807, 2.05) is 12.2 Å². The molecule has 0 aromatic rings. The van der Waals surface area contributed by atoms with Crippen LogP contribution in [0.2, 0.25) is 0 Å². The fourth-order valence-corrected chi connectivity index (χ4v) is 5.42. The third-order valence-electron chi connectivity index (χ3n) is 8.12. The molecule has 5 atom stereocenters. The van der Waals surface area contributed by atoms with Crippen LogP contribution in [0.1, 0.15) is 136 Å². The molecule has 0 aliphatic heterocycles. The normalized spacial score (nSPS) is 20.2. The van der Waals surface area contributed by atoms with Gasteiger partial charge in [0.25, 0.3) is 0 Å². The van der Waals surface area contributed by atoms with Gasteiger partial charge in [0, 0.05) is 31.1 Å². The molecule has 0 unspecified atom stereocenters. The summed E-state index contributed by atoms with van der Waals surface area (Å²) in [4.78, 5) is 36.6. The van der Waals surface area contributed by atoms with Gasteiger partial charge in [-0.25, -0.2) is 0 Å². The molecule has 0 radical (unpaired) electrons. The van der Waals surface area contributed by atoms with E-state index in [9.17, 15) is 29.7 Å². The lowest BCUT2D eigenvalue weighted by Crippen LogP contribution is -2.28. The van der Waals surface area contributed by atoms with Crippen LogP contribution in [0.5, 0.6) is 0 Å². The Morgan fingerprint density at radius 1 is 0.884 bits per heavy atom. The lowest BCUT2D eigenvalue weighted by atomic mass is 9.90. The first-order valence-corrected chi connectivity index (χ1v) is 17.0. The maximum absolute atomic E-state index is 12.4. The molecule has 0 saturated heterocycles. The quantitative estimate of drug-likeness (QED) is 0.0574. The maximum atomic E-state index is 12.4. The zero-order valence-electron chi connectivity index (χ0n) is 26.9. The topological polar surface area (TPSA) is 130 Å². The molecular formula is C35H60O8. The molecule has 1 aliphatic rings. The fourth-order valence-electron chi connectivity index (χ4n) is 5.42. The summed E-state index contributed by atoms with van der Waals surface area (Å²) in [5, 5.41) is 30.0. The number of allylic oxidation sites excluding steroid dienone is 2. The van der Waals surface area contributed by atoms with E-state index in [0.717, 1.165) is 38.5 Å². The number of aliphatic hydroxyl groups is 3. The van der Waals surface area contributed by atoms with Crippen LogP contribution in [0, 0.1) is 11.8 Å². The van der Waals surface area contributed by atoms with E-state index >= 15 is 0 Å². The monoisotopic (exact) mass is 608 g/mol. The van der Waals surface area contributed by atoms with Gasteiger partial charge in [0.15, 0.2) is 6.10 Å². The first-order chi connectivity index (χ1) is 20.8. The summed E-state index contributed by atoms with van der Waals surface area (Å²) in [6.07, 6.45) is 21.7. The van der Waals surface area contributed by atoms with Gasteiger partial charge in [-0.05, 0) is 32.1 Å². The van der Waals surface area contributed by atoms with Crippen LogP contribution in [0.4, 0.5) is 0 Å². The fraction of sp³-hybridized carbons (Fsp3) is 0.800. The van der Waals surface area contributed by atoms with Crippen LogP contribution in [-0.2, 0) is 23.9 Å². The second-order valence-electron chi connectivity index (χ2n) is 12.0. The second-order valence-corrected chi connectivity index (χ2v) is 12.0. The van der Waals surface area contributed by atoms with Gasteiger partial charge in [0.2, 0.25) is 0 Å². The van der Waals surface area contributed by atoms with E-state index in [-0.39, 0.29) is 43.0 Å². The number of esters is 2. The van der Waals surface area contributed by atoms with Crippen LogP contribution >= 0.6 is 0 Å². The largest absolute Gasteiger partial charge is 0.462 e. The standard InChI is InChI=1S/C35H60O8/c1-3-5-7-8-9-10-11-12-18-22-35(41)43-29(26-36)27-42-34(40)21-17-14-13-16-20-30-31(33(39)25-32(30)38)24-23-28(37)19-15-6-4-2/h13,16,23-24,28-31,33,36-37,39H,3-12,14-15,17-22,25-27H2,1-2H3/b16-13-,24-23+/t28-,29-,30+,31+,33+/m0/s1. The van der Waals surface area contributed by atoms with Crippen molar-refractivity contribution in [3.8, 4) is 0 Å². The zero-order valence-corrected chi connectivity index (χ0v) is 26.9. The van der Waals surface area contributed by atoms with Crippen molar-refractivity contribution in [1.82, 2.24) is 0 Å². The number of unbranched alkanes of at least 4 members (excludes halogenated alkanes) is 11. The molecular weight excluding hydrogens is 548 g/mol. The van der Waals surface area contributed by atoms with Gasteiger partial charge in [-0.2, -0.15) is 0 Å². The maximum Gasteiger partial charge on any atom is 0.306 e. The number of hydrogen-bond donors (Lipinski definition) is 3. The van der Waals surface area contributed by atoms with Crippen molar-refractivity contribution < 1.29 is 39.2 Å². The predicted octanol–water partition coefficient (Wildman–Crippen LogP) is 6.53. The van der Waals surface area contributed by atoms with Gasteiger partial charge in [0.05, 0.1) is 18.8 Å². The van der Waals surface area contributed by atoms with Crippen LogP contribution in [0.15, 0.2) is 24.3 Å². The Bertz CT molecular complexity index is 808. The molecule has 3 N–H and O–H groups in total. The summed E-state index contributed by atoms with van der Waals surface area (Å²) in [7, 11) is 0. The Morgan fingerprint density at radius 2 is 1.51 bits per heavy atom. The zero-order chi connectivity index (χ0) is 31.7. The molecule has 0 aromatic heterocycles. The van der Waals surface area contributed by atoms with Crippen LogP contribution in [0.3, 0.4) is 0 Å². The van der Waals surface area contributed by atoms with Gasteiger partial charge < -0.3 is 24.8 Å². The highest BCUT2D eigenvalue weighted by molar-refractivity contribution is 5.84. The minimum atomic E-state index is -0.853. The molecule has 43 heavy (non-hydrogen) atoms. The SMILES string of the molecule is CCCCCCCCCCCC(=O)O[C@@H](CO)COC(=O)CCC/C=C\C[C@H]1C(=O)C[C@@H](O)[C@@H]1/C=C/[C@@H](O)CCCCC. The molecule has 1 rings (SSSR count). The van der Waals surface area contributed by atoms with E-state index in [4.69, 9.17) is 9.47 Å². The van der Waals surface area contributed by atoms with E-state index in [2.05, 4.69) is 13.8 Å². The lowest BCUT2D eigenvalue weighted by molar-refractivity contribution is -0.161. The van der Waals surface area contributed by atoms with Gasteiger partial charge in [-0.3, -0.25) is 14.4 Å². The molecule has 8 heteroatoms. The summed E-state index contributed by atoms with van der Waals surface area (Å²) in [6, 6.07) is 0. The number of ether oxygens (including phenoxy) is 2. The Kier molecular flexibility index (Phi) is 23.0. The molecule has 8 nitrogen and oxygen atoms in total. The number of Topliss-reactive ketones (excluding diaryl/α,β-unsaturated/α-hetero) is 1.